The van der Waals surface area contributed by atoms with Gasteiger partial charge in [0.15, 0.2) is 0 Å². The maximum atomic E-state index is 10.4. The third kappa shape index (κ3) is 20.6. The summed E-state index contributed by atoms with van der Waals surface area (Å²) < 4.78 is 36.0. The third-order valence-corrected chi connectivity index (χ3v) is 5.38. The first-order valence-corrected chi connectivity index (χ1v) is 13.9. The minimum Gasteiger partial charge on any atom is -0.498 e. The van der Waals surface area contributed by atoms with E-state index < -0.39 is 0 Å². The molecular weight excluding hydrogens is 528 g/mol. The summed E-state index contributed by atoms with van der Waals surface area (Å²) in [5, 5.41) is 8.26. The molecule has 0 aliphatic carbocycles. The van der Waals surface area contributed by atoms with Crippen LogP contribution in [-0.4, -0.2) is 91.7 Å². The monoisotopic (exact) mass is 578 g/mol. The predicted molar refractivity (Wildman–Crippen MR) is 162 cm³/mol. The van der Waals surface area contributed by atoms with Crippen molar-refractivity contribution in [3.05, 3.63) is 65.9 Å². The Balaban J connectivity index is 0.000000646. The quantitative estimate of drug-likeness (QED) is 0.138. The fourth-order valence-corrected chi connectivity index (χ4v) is 2.99. The first-order chi connectivity index (χ1) is 20.0. The summed E-state index contributed by atoms with van der Waals surface area (Å²) in [4.78, 5) is 10.4. The summed E-state index contributed by atoms with van der Waals surface area (Å²) in [7, 11) is 3.28. The molecule has 2 aromatic rings. The summed E-state index contributed by atoms with van der Waals surface area (Å²) in [6.45, 7) is 13.3. The number of rotatable bonds is 19. The molecule has 1 N–H and O–H groups in total. The summed E-state index contributed by atoms with van der Waals surface area (Å²) >= 11 is 0. The van der Waals surface area contributed by atoms with Crippen LogP contribution in [0.2, 0.25) is 0 Å². The maximum Gasteiger partial charge on any atom is 0.127 e. The molecule has 2 rings (SSSR count). The van der Waals surface area contributed by atoms with Crippen molar-refractivity contribution in [2.45, 2.75) is 33.6 Å². The number of ether oxygens (including phenoxy) is 7. The normalized spacial score (nSPS) is 11.3. The summed E-state index contributed by atoms with van der Waals surface area (Å²) in [6, 6.07) is 15.4. The topological polar surface area (TPSA) is 102 Å². The number of carbonyl (C=O) groups excluding carboxylic acids is 1. The molecule has 9 nitrogen and oxygen atoms in total. The Morgan fingerprint density at radius 1 is 0.732 bits per heavy atom. The van der Waals surface area contributed by atoms with Gasteiger partial charge in [-0.15, -0.1) is 0 Å². The molecule has 0 bridgehead atoms. The van der Waals surface area contributed by atoms with Gasteiger partial charge in [0.1, 0.15) is 24.4 Å². The lowest BCUT2D eigenvalue weighted by Gasteiger charge is -2.06. The smallest absolute Gasteiger partial charge is 0.127 e. The van der Waals surface area contributed by atoms with E-state index in [9.17, 15) is 4.79 Å². The van der Waals surface area contributed by atoms with E-state index in [4.69, 9.17) is 38.3 Å². The van der Waals surface area contributed by atoms with Crippen LogP contribution in [0.5, 0.6) is 11.5 Å². The van der Waals surface area contributed by atoms with Crippen molar-refractivity contribution in [1.82, 2.24) is 0 Å². The van der Waals surface area contributed by atoms with Crippen molar-refractivity contribution >= 4 is 11.9 Å². The van der Waals surface area contributed by atoms with Crippen LogP contribution in [0.3, 0.4) is 0 Å². The number of benzene rings is 2. The number of carbonyl (C=O) groups is 1. The highest BCUT2D eigenvalue weighted by Crippen LogP contribution is 2.18. The SMILES string of the molecule is CCOCCOCCO.CCOCCOCCOC=C(C)c1ccc(OC)cc1.COc1ccc(C(C)C=O)cc1. The number of aliphatic hydroxyl groups is 1. The lowest BCUT2D eigenvalue weighted by atomic mass is 10.0. The van der Waals surface area contributed by atoms with Gasteiger partial charge in [-0.05, 0) is 61.7 Å². The zero-order valence-corrected chi connectivity index (χ0v) is 25.6. The average Bonchev–Trinajstić information content (AvgIpc) is 3.02. The predicted octanol–water partition coefficient (Wildman–Crippen LogP) is 5.16. The van der Waals surface area contributed by atoms with Crippen LogP contribution >= 0.6 is 0 Å². The Labute approximate surface area is 246 Å². The van der Waals surface area contributed by atoms with E-state index in [1.165, 1.54) is 0 Å². The number of aliphatic hydroxyl groups excluding tert-OH is 1. The molecule has 9 heteroatoms. The molecule has 0 fully saturated rings. The molecule has 0 saturated heterocycles. The van der Waals surface area contributed by atoms with Gasteiger partial charge in [-0.2, -0.15) is 0 Å². The standard InChI is InChI=1S/C16H24O4.C10H12O2.C6H14O3/c1-4-18-9-10-19-11-12-20-13-14(2)15-5-7-16(17-3)8-6-15;1-8(7-11)9-3-5-10(12-2)6-4-9;1-2-8-5-6-9-4-3-7/h5-8,13H,4,9-12H2,1-3H3;3-8H,1-2H3;7H,2-6H2,1H3. The highest BCUT2D eigenvalue weighted by molar-refractivity contribution is 5.63. The summed E-state index contributed by atoms with van der Waals surface area (Å²) in [5.74, 6) is 1.64. The van der Waals surface area contributed by atoms with Crippen LogP contribution in [0, 0.1) is 0 Å². The van der Waals surface area contributed by atoms with Gasteiger partial charge in [-0.3, -0.25) is 0 Å². The molecule has 0 aliphatic heterocycles. The van der Waals surface area contributed by atoms with Crippen LogP contribution in [0.1, 0.15) is 44.7 Å². The number of hydrogen-bond donors (Lipinski definition) is 1. The number of allylic oxidation sites excluding steroid dienone is 1. The molecule has 0 spiro atoms. The van der Waals surface area contributed by atoms with Gasteiger partial charge in [0.05, 0.1) is 66.7 Å². The van der Waals surface area contributed by atoms with Gasteiger partial charge in [0, 0.05) is 19.1 Å². The lowest BCUT2D eigenvalue weighted by Crippen LogP contribution is -2.07. The number of aldehydes is 1. The van der Waals surface area contributed by atoms with Gasteiger partial charge >= 0.3 is 0 Å². The fourth-order valence-electron chi connectivity index (χ4n) is 2.99. The molecule has 0 aliphatic rings. The van der Waals surface area contributed by atoms with Gasteiger partial charge in [-0.25, -0.2) is 0 Å². The van der Waals surface area contributed by atoms with E-state index in [1.807, 2.05) is 76.2 Å². The second-order valence-electron chi connectivity index (χ2n) is 8.44. The van der Waals surface area contributed by atoms with Gasteiger partial charge in [-0.1, -0.05) is 31.2 Å². The van der Waals surface area contributed by atoms with E-state index in [0.717, 1.165) is 47.7 Å². The van der Waals surface area contributed by atoms with E-state index in [1.54, 1.807) is 20.5 Å². The largest absolute Gasteiger partial charge is 0.498 e. The number of methoxy groups -OCH3 is 2. The van der Waals surface area contributed by atoms with Crippen molar-refractivity contribution in [2.24, 2.45) is 0 Å². The Bertz CT molecular complexity index is 877. The van der Waals surface area contributed by atoms with Gasteiger partial charge in [0.25, 0.3) is 0 Å². The van der Waals surface area contributed by atoms with E-state index >= 15 is 0 Å². The van der Waals surface area contributed by atoms with Crippen LogP contribution < -0.4 is 9.47 Å². The molecular formula is C32H50O9. The summed E-state index contributed by atoms with van der Waals surface area (Å²) in [5.41, 5.74) is 3.20. The molecule has 2 aromatic carbocycles. The van der Waals surface area contributed by atoms with E-state index in [0.29, 0.717) is 46.2 Å². The molecule has 1 unspecified atom stereocenters. The second-order valence-corrected chi connectivity index (χ2v) is 8.44. The average molecular weight is 579 g/mol. The molecule has 41 heavy (non-hydrogen) atoms. The fraction of sp³-hybridized carbons (Fsp3) is 0.531. The van der Waals surface area contributed by atoms with Crippen molar-refractivity contribution in [3.8, 4) is 11.5 Å². The van der Waals surface area contributed by atoms with Crippen LogP contribution in [0.25, 0.3) is 5.57 Å². The first kappa shape index (κ1) is 38.0. The third-order valence-electron chi connectivity index (χ3n) is 5.38. The minimum atomic E-state index is -0.0316. The Kier molecular flexibility index (Phi) is 25.3. The zero-order valence-electron chi connectivity index (χ0n) is 25.6. The van der Waals surface area contributed by atoms with E-state index in [2.05, 4.69) is 0 Å². The second kappa shape index (κ2) is 27.2. The van der Waals surface area contributed by atoms with E-state index in [-0.39, 0.29) is 12.5 Å². The minimum absolute atomic E-state index is 0.0316. The highest BCUT2D eigenvalue weighted by atomic mass is 16.5. The molecule has 0 radical (unpaired) electrons. The Morgan fingerprint density at radius 2 is 1.20 bits per heavy atom. The molecule has 0 heterocycles. The summed E-state index contributed by atoms with van der Waals surface area (Å²) in [6.07, 6.45) is 2.69. The lowest BCUT2D eigenvalue weighted by molar-refractivity contribution is -0.108. The number of hydrogen-bond acceptors (Lipinski definition) is 9. The maximum absolute atomic E-state index is 10.4. The molecule has 0 saturated carbocycles. The van der Waals surface area contributed by atoms with Crippen LogP contribution in [-0.2, 0) is 28.5 Å². The molecule has 1 atom stereocenters. The molecule has 0 amide bonds. The zero-order chi connectivity index (χ0) is 30.6. The highest BCUT2D eigenvalue weighted by Gasteiger charge is 2.02. The van der Waals surface area contributed by atoms with Crippen molar-refractivity contribution in [3.63, 3.8) is 0 Å². The molecule has 232 valence electrons. The van der Waals surface area contributed by atoms with Crippen molar-refractivity contribution in [2.75, 3.05) is 80.3 Å². The van der Waals surface area contributed by atoms with Crippen molar-refractivity contribution in [1.29, 1.82) is 0 Å². The first-order valence-electron chi connectivity index (χ1n) is 13.9. The van der Waals surface area contributed by atoms with Crippen molar-refractivity contribution < 1.29 is 43.1 Å². The Morgan fingerprint density at radius 3 is 1.66 bits per heavy atom. The Hall–Kier alpha value is -2.95. The van der Waals surface area contributed by atoms with Gasteiger partial charge < -0.3 is 43.1 Å². The van der Waals surface area contributed by atoms with Gasteiger partial charge in [0.2, 0.25) is 0 Å². The van der Waals surface area contributed by atoms with Crippen LogP contribution in [0.15, 0.2) is 54.8 Å². The van der Waals surface area contributed by atoms with Crippen LogP contribution in [0.4, 0.5) is 0 Å². The molecule has 0 aromatic heterocycles.